The summed E-state index contributed by atoms with van der Waals surface area (Å²) in [6.45, 7) is 4.50. The van der Waals surface area contributed by atoms with Gasteiger partial charge in [0.2, 0.25) is 0 Å². The summed E-state index contributed by atoms with van der Waals surface area (Å²) in [6.07, 6.45) is 9.73. The van der Waals surface area contributed by atoms with E-state index in [9.17, 15) is 9.59 Å². The summed E-state index contributed by atoms with van der Waals surface area (Å²) in [5.41, 5.74) is 3.77. The molecule has 0 aliphatic heterocycles. The van der Waals surface area contributed by atoms with Crippen molar-refractivity contribution < 1.29 is 9.59 Å². The predicted octanol–water partition coefficient (Wildman–Crippen LogP) is 5.94. The number of nitrogens with zero attached hydrogens (tertiary/aromatic N) is 1. The first-order chi connectivity index (χ1) is 14.3. The zero-order chi connectivity index (χ0) is 21.5. The van der Waals surface area contributed by atoms with Gasteiger partial charge in [-0.05, 0) is 86.0 Å². The second-order valence-corrected chi connectivity index (χ2v) is 10.5. The Hall–Kier alpha value is -1.90. The standard InChI is InChI=1S/C27H37NO2/c1-18-5-12-24(29)16-20(18)6-7-21-15-22(17-27(2)25(21)13-14-26(27)30)19-8-10-23(11-9-19)28(3)4/h8-11,16,18,21-22,25H,5-7,12-15,17H2,1-4H3. The molecule has 0 heterocycles. The van der Waals surface area contributed by atoms with Gasteiger partial charge in [-0.1, -0.05) is 31.6 Å². The van der Waals surface area contributed by atoms with Gasteiger partial charge in [0.05, 0.1) is 0 Å². The maximum absolute atomic E-state index is 12.9. The molecule has 5 atom stereocenters. The van der Waals surface area contributed by atoms with E-state index >= 15 is 0 Å². The molecule has 3 heteroatoms. The molecular formula is C27H37NO2. The van der Waals surface area contributed by atoms with Crippen LogP contribution >= 0.6 is 0 Å². The van der Waals surface area contributed by atoms with Gasteiger partial charge in [0.1, 0.15) is 5.78 Å². The van der Waals surface area contributed by atoms with Crippen molar-refractivity contribution in [2.24, 2.45) is 23.2 Å². The van der Waals surface area contributed by atoms with Gasteiger partial charge < -0.3 is 4.90 Å². The van der Waals surface area contributed by atoms with Crippen molar-refractivity contribution in [3.8, 4) is 0 Å². The topological polar surface area (TPSA) is 37.4 Å². The van der Waals surface area contributed by atoms with Crippen molar-refractivity contribution in [3.05, 3.63) is 41.5 Å². The van der Waals surface area contributed by atoms with Gasteiger partial charge in [-0.15, -0.1) is 0 Å². The Labute approximate surface area is 181 Å². The lowest BCUT2D eigenvalue weighted by molar-refractivity contribution is -0.129. The highest BCUT2D eigenvalue weighted by Crippen LogP contribution is 2.57. The van der Waals surface area contributed by atoms with E-state index < -0.39 is 0 Å². The fourth-order valence-corrected chi connectivity index (χ4v) is 6.50. The lowest BCUT2D eigenvalue weighted by atomic mass is 9.58. The smallest absolute Gasteiger partial charge is 0.155 e. The third-order valence-corrected chi connectivity index (χ3v) is 8.45. The van der Waals surface area contributed by atoms with Crippen molar-refractivity contribution in [1.29, 1.82) is 0 Å². The zero-order valence-corrected chi connectivity index (χ0v) is 19.1. The largest absolute Gasteiger partial charge is 0.378 e. The molecule has 5 unspecified atom stereocenters. The van der Waals surface area contributed by atoms with E-state index in [1.807, 2.05) is 6.08 Å². The molecule has 30 heavy (non-hydrogen) atoms. The number of rotatable bonds is 5. The molecule has 0 aromatic heterocycles. The van der Waals surface area contributed by atoms with Crippen molar-refractivity contribution in [2.75, 3.05) is 19.0 Å². The molecule has 0 N–H and O–H groups in total. The van der Waals surface area contributed by atoms with E-state index in [2.05, 4.69) is 57.1 Å². The summed E-state index contributed by atoms with van der Waals surface area (Å²) in [5, 5.41) is 0. The van der Waals surface area contributed by atoms with E-state index in [1.54, 1.807) is 0 Å². The molecule has 4 rings (SSSR count). The summed E-state index contributed by atoms with van der Waals surface area (Å²) in [5.74, 6) is 2.83. The van der Waals surface area contributed by atoms with Crippen LogP contribution in [0.3, 0.4) is 0 Å². The van der Waals surface area contributed by atoms with Gasteiger partial charge in [-0.25, -0.2) is 0 Å². The van der Waals surface area contributed by atoms with Crippen LogP contribution in [0.1, 0.15) is 76.7 Å². The van der Waals surface area contributed by atoms with Crippen LogP contribution in [-0.2, 0) is 9.59 Å². The van der Waals surface area contributed by atoms with Gasteiger partial charge in [0.25, 0.3) is 0 Å². The zero-order valence-electron chi connectivity index (χ0n) is 19.1. The number of hydrogen-bond acceptors (Lipinski definition) is 3. The summed E-state index contributed by atoms with van der Waals surface area (Å²) >= 11 is 0. The summed E-state index contributed by atoms with van der Waals surface area (Å²) in [4.78, 5) is 27.0. The molecule has 0 amide bonds. The van der Waals surface area contributed by atoms with E-state index in [1.165, 1.54) is 23.2 Å². The number of hydrogen-bond donors (Lipinski definition) is 0. The first-order valence-electron chi connectivity index (χ1n) is 11.8. The van der Waals surface area contributed by atoms with Crippen LogP contribution in [0.2, 0.25) is 0 Å². The average molecular weight is 408 g/mol. The van der Waals surface area contributed by atoms with Crippen molar-refractivity contribution in [3.63, 3.8) is 0 Å². The highest BCUT2D eigenvalue weighted by atomic mass is 16.1. The molecule has 0 saturated heterocycles. The van der Waals surface area contributed by atoms with E-state index in [0.29, 0.717) is 41.7 Å². The second-order valence-electron chi connectivity index (χ2n) is 10.5. The highest BCUT2D eigenvalue weighted by molar-refractivity contribution is 5.91. The molecular weight excluding hydrogens is 370 g/mol. The molecule has 1 aromatic carbocycles. The van der Waals surface area contributed by atoms with Gasteiger partial charge in [0.15, 0.2) is 5.78 Å². The van der Waals surface area contributed by atoms with E-state index in [0.717, 1.165) is 38.5 Å². The SMILES string of the molecule is CC1CCC(=O)C=C1CCC1CC(c2ccc(N(C)C)cc2)CC2(C)C(=O)CCC12. The first kappa shape index (κ1) is 21.3. The number of carbonyl (C=O) groups excluding carboxylic acids is 2. The molecule has 0 radical (unpaired) electrons. The van der Waals surface area contributed by atoms with Crippen LogP contribution in [0.15, 0.2) is 35.9 Å². The molecule has 2 fully saturated rings. The Morgan fingerprint density at radius 2 is 1.80 bits per heavy atom. The van der Waals surface area contributed by atoms with Crippen LogP contribution in [0.4, 0.5) is 5.69 Å². The molecule has 3 aliphatic carbocycles. The maximum atomic E-state index is 12.9. The second kappa shape index (κ2) is 8.32. The minimum atomic E-state index is -0.170. The summed E-state index contributed by atoms with van der Waals surface area (Å²) in [6, 6.07) is 8.94. The van der Waals surface area contributed by atoms with Gasteiger partial charge in [-0.2, -0.15) is 0 Å². The van der Waals surface area contributed by atoms with Gasteiger partial charge in [0, 0.05) is 38.0 Å². The number of ketones is 2. The Morgan fingerprint density at radius 3 is 2.50 bits per heavy atom. The number of carbonyl (C=O) groups is 2. The quantitative estimate of drug-likeness (QED) is 0.606. The minimum Gasteiger partial charge on any atom is -0.378 e. The Balaban J connectivity index is 1.54. The first-order valence-corrected chi connectivity index (χ1v) is 11.8. The average Bonchev–Trinajstić information content (AvgIpc) is 3.03. The third kappa shape index (κ3) is 4.00. The predicted molar refractivity (Wildman–Crippen MR) is 123 cm³/mol. The number of benzene rings is 1. The van der Waals surface area contributed by atoms with Crippen LogP contribution < -0.4 is 4.90 Å². The molecule has 0 spiro atoms. The minimum absolute atomic E-state index is 0.170. The normalized spacial score (nSPS) is 33.9. The monoisotopic (exact) mass is 407 g/mol. The Morgan fingerprint density at radius 1 is 1.07 bits per heavy atom. The molecule has 0 bridgehead atoms. The number of anilines is 1. The maximum Gasteiger partial charge on any atom is 0.155 e. The number of allylic oxidation sites excluding steroid dienone is 2. The van der Waals surface area contributed by atoms with Gasteiger partial charge in [-0.3, -0.25) is 9.59 Å². The fourth-order valence-electron chi connectivity index (χ4n) is 6.50. The number of fused-ring (bicyclic) bond motifs is 1. The van der Waals surface area contributed by atoms with Crippen LogP contribution in [0.5, 0.6) is 0 Å². The van der Waals surface area contributed by atoms with Crippen LogP contribution in [-0.4, -0.2) is 25.7 Å². The molecule has 162 valence electrons. The van der Waals surface area contributed by atoms with Gasteiger partial charge >= 0.3 is 0 Å². The molecule has 1 aromatic rings. The van der Waals surface area contributed by atoms with Crippen molar-refractivity contribution in [2.45, 2.75) is 71.1 Å². The fraction of sp³-hybridized carbons (Fsp3) is 0.630. The van der Waals surface area contributed by atoms with Crippen molar-refractivity contribution >= 4 is 17.3 Å². The molecule has 2 saturated carbocycles. The Bertz CT molecular complexity index is 837. The number of Topliss-reactive ketones (excluding diaryl/α,β-unsaturated/α-hetero) is 1. The van der Waals surface area contributed by atoms with Crippen molar-refractivity contribution in [1.82, 2.24) is 0 Å². The molecule has 3 aliphatic rings. The third-order valence-electron chi connectivity index (χ3n) is 8.45. The van der Waals surface area contributed by atoms with Crippen LogP contribution in [0, 0.1) is 23.2 Å². The summed E-state index contributed by atoms with van der Waals surface area (Å²) in [7, 11) is 4.14. The summed E-state index contributed by atoms with van der Waals surface area (Å²) < 4.78 is 0. The van der Waals surface area contributed by atoms with E-state index in [-0.39, 0.29) is 5.41 Å². The lowest BCUT2D eigenvalue weighted by Gasteiger charge is -2.45. The highest BCUT2D eigenvalue weighted by Gasteiger charge is 2.53. The van der Waals surface area contributed by atoms with Crippen LogP contribution in [0.25, 0.3) is 0 Å². The lowest BCUT2D eigenvalue weighted by Crippen LogP contribution is -2.40. The Kier molecular flexibility index (Phi) is 5.92. The van der Waals surface area contributed by atoms with E-state index in [4.69, 9.17) is 0 Å². The molecule has 3 nitrogen and oxygen atoms in total.